The third kappa shape index (κ3) is 6.60. The van der Waals surface area contributed by atoms with Gasteiger partial charge < -0.3 is 10.2 Å². The lowest BCUT2D eigenvalue weighted by atomic mass is 10.0. The third-order valence-corrected chi connectivity index (χ3v) is 5.22. The molecule has 3 aromatic rings. The zero-order chi connectivity index (χ0) is 22.2. The van der Waals surface area contributed by atoms with Crippen LogP contribution in [-0.4, -0.2) is 58.1 Å². The average Bonchev–Trinajstić information content (AvgIpc) is 2.76. The summed E-state index contributed by atoms with van der Waals surface area (Å²) in [5, 5.41) is 17.4. The number of hydrogen-bond donors (Lipinski definition) is 2. The topological polar surface area (TPSA) is 81.1 Å². The van der Waals surface area contributed by atoms with E-state index in [1.54, 1.807) is 12.1 Å². The van der Waals surface area contributed by atoms with Crippen LogP contribution < -0.4 is 0 Å². The molecule has 0 aromatic heterocycles. The monoisotopic (exact) mass is 424 g/mol. The molecule has 2 N–H and O–H groups in total. The molecule has 1 saturated heterocycles. The normalized spacial score (nSPS) is 14.6. The Morgan fingerprint density at radius 3 is 2.00 bits per heavy atom. The Hall–Kier alpha value is -3.29. The molecule has 0 bridgehead atoms. The highest BCUT2D eigenvalue weighted by atomic mass is 19.1. The Morgan fingerprint density at radius 1 is 0.774 bits per heavy atom. The Balaban J connectivity index is 0.000000401. The van der Waals surface area contributed by atoms with Gasteiger partial charge in [0.15, 0.2) is 0 Å². The summed E-state index contributed by atoms with van der Waals surface area (Å²) >= 11 is 0. The van der Waals surface area contributed by atoms with Crippen molar-refractivity contribution in [1.29, 1.82) is 0 Å². The number of rotatable bonds is 4. The smallest absolute Gasteiger partial charge is 0.414 e. The minimum absolute atomic E-state index is 0.146. The number of carbonyl (C=O) groups is 2. The van der Waals surface area contributed by atoms with E-state index in [9.17, 15) is 4.39 Å². The average molecular weight is 424 g/mol. The van der Waals surface area contributed by atoms with Crippen molar-refractivity contribution in [1.82, 2.24) is 9.80 Å². The molecule has 3 aromatic carbocycles. The Kier molecular flexibility index (Phi) is 7.70. The fourth-order valence-corrected chi connectivity index (χ4v) is 3.67. The second kappa shape index (κ2) is 10.7. The molecule has 4 rings (SSSR count). The van der Waals surface area contributed by atoms with Crippen LogP contribution in [0.5, 0.6) is 0 Å². The first kappa shape index (κ1) is 22.4. The lowest BCUT2D eigenvalue weighted by Crippen LogP contribution is -2.45. The molecule has 0 unspecified atom stereocenters. The Labute approximate surface area is 180 Å². The summed E-state index contributed by atoms with van der Waals surface area (Å²) in [4.78, 5) is 23.1. The molecule has 0 saturated carbocycles. The van der Waals surface area contributed by atoms with Gasteiger partial charge in [-0.25, -0.2) is 14.0 Å². The number of hydrogen-bond acceptors (Lipinski definition) is 4. The third-order valence-electron chi connectivity index (χ3n) is 5.22. The largest absolute Gasteiger partial charge is 0.473 e. The van der Waals surface area contributed by atoms with E-state index in [1.807, 2.05) is 6.07 Å². The van der Waals surface area contributed by atoms with Crippen molar-refractivity contribution in [2.75, 3.05) is 26.2 Å². The summed E-state index contributed by atoms with van der Waals surface area (Å²) in [5.41, 5.74) is 2.46. The molecule has 7 heteroatoms. The standard InChI is InChI=1S/C22H23FN2.C2H2O4/c23-21-9-3-5-18(15-21)16-24-11-13-25(14-12-24)17-20-8-4-7-19-6-1-2-10-22(19)20;3-1(4)2(5)6/h1-10,15H,11-14,16-17H2;(H,3,4)(H,5,6). The van der Waals surface area contributed by atoms with Crippen LogP contribution in [0.1, 0.15) is 11.1 Å². The van der Waals surface area contributed by atoms with Gasteiger partial charge in [-0.2, -0.15) is 0 Å². The zero-order valence-corrected chi connectivity index (χ0v) is 17.1. The quantitative estimate of drug-likeness (QED) is 0.625. The van der Waals surface area contributed by atoms with E-state index in [0.29, 0.717) is 0 Å². The van der Waals surface area contributed by atoms with Gasteiger partial charge in [0.05, 0.1) is 0 Å². The molecule has 6 nitrogen and oxygen atoms in total. The molecule has 1 aliphatic rings. The van der Waals surface area contributed by atoms with Crippen LogP contribution in [0, 0.1) is 5.82 Å². The van der Waals surface area contributed by atoms with Crippen molar-refractivity contribution < 1.29 is 24.2 Å². The van der Waals surface area contributed by atoms with Crippen LogP contribution in [-0.2, 0) is 22.7 Å². The number of fused-ring (bicyclic) bond motifs is 1. The van der Waals surface area contributed by atoms with Crippen LogP contribution >= 0.6 is 0 Å². The summed E-state index contributed by atoms with van der Waals surface area (Å²) in [7, 11) is 0. The van der Waals surface area contributed by atoms with E-state index in [1.165, 1.54) is 22.4 Å². The maximum Gasteiger partial charge on any atom is 0.414 e. The van der Waals surface area contributed by atoms with E-state index in [-0.39, 0.29) is 5.82 Å². The van der Waals surface area contributed by atoms with E-state index in [2.05, 4.69) is 52.3 Å². The van der Waals surface area contributed by atoms with Gasteiger partial charge in [0.1, 0.15) is 5.82 Å². The molecule has 0 radical (unpaired) electrons. The highest BCUT2D eigenvalue weighted by Crippen LogP contribution is 2.21. The van der Waals surface area contributed by atoms with E-state index in [0.717, 1.165) is 44.8 Å². The number of carboxylic acids is 2. The van der Waals surface area contributed by atoms with Crippen LogP contribution in [0.15, 0.2) is 66.7 Å². The first-order valence-electron chi connectivity index (χ1n) is 10.0. The van der Waals surface area contributed by atoms with Gasteiger partial charge in [-0.15, -0.1) is 0 Å². The van der Waals surface area contributed by atoms with Crippen molar-refractivity contribution >= 4 is 22.7 Å². The first-order chi connectivity index (χ1) is 14.9. The summed E-state index contributed by atoms with van der Waals surface area (Å²) < 4.78 is 13.3. The molecule has 0 amide bonds. The number of benzene rings is 3. The van der Waals surface area contributed by atoms with Crippen LogP contribution in [0.3, 0.4) is 0 Å². The van der Waals surface area contributed by atoms with Crippen molar-refractivity contribution in [3.8, 4) is 0 Å². The highest BCUT2D eigenvalue weighted by Gasteiger charge is 2.17. The molecule has 162 valence electrons. The Morgan fingerprint density at radius 2 is 1.35 bits per heavy atom. The van der Waals surface area contributed by atoms with Crippen molar-refractivity contribution in [2.45, 2.75) is 13.1 Å². The van der Waals surface area contributed by atoms with Crippen molar-refractivity contribution in [2.24, 2.45) is 0 Å². The summed E-state index contributed by atoms with van der Waals surface area (Å²) in [6.45, 7) is 5.99. The van der Waals surface area contributed by atoms with E-state index < -0.39 is 11.9 Å². The van der Waals surface area contributed by atoms with Crippen LogP contribution in [0.25, 0.3) is 10.8 Å². The molecule has 0 spiro atoms. The van der Waals surface area contributed by atoms with Gasteiger partial charge in [0, 0.05) is 39.3 Å². The summed E-state index contributed by atoms with van der Waals surface area (Å²) in [6.07, 6.45) is 0. The zero-order valence-electron chi connectivity index (χ0n) is 17.1. The Bertz CT molecular complexity index is 1030. The number of nitrogens with zero attached hydrogens (tertiary/aromatic N) is 2. The van der Waals surface area contributed by atoms with E-state index >= 15 is 0 Å². The number of halogens is 1. The minimum Gasteiger partial charge on any atom is -0.473 e. The van der Waals surface area contributed by atoms with Gasteiger partial charge in [0.2, 0.25) is 0 Å². The van der Waals surface area contributed by atoms with Gasteiger partial charge in [-0.05, 0) is 34.0 Å². The lowest BCUT2D eigenvalue weighted by Gasteiger charge is -2.35. The molecule has 31 heavy (non-hydrogen) atoms. The predicted octanol–water partition coefficient (Wildman–Crippen LogP) is 3.45. The lowest BCUT2D eigenvalue weighted by molar-refractivity contribution is -0.159. The molecule has 1 aliphatic heterocycles. The number of carboxylic acid groups (broad SMARTS) is 2. The summed E-state index contributed by atoms with van der Waals surface area (Å²) in [5.74, 6) is -3.79. The molecular formula is C24H25FN2O4. The maximum absolute atomic E-state index is 13.3. The molecule has 1 fully saturated rings. The summed E-state index contributed by atoms with van der Waals surface area (Å²) in [6, 6.07) is 22.1. The predicted molar refractivity (Wildman–Crippen MR) is 116 cm³/mol. The minimum atomic E-state index is -1.82. The van der Waals surface area contributed by atoms with Crippen molar-refractivity contribution in [3.05, 3.63) is 83.7 Å². The number of aliphatic carboxylic acids is 2. The highest BCUT2D eigenvalue weighted by molar-refractivity contribution is 6.27. The van der Waals surface area contributed by atoms with Crippen LogP contribution in [0.4, 0.5) is 4.39 Å². The van der Waals surface area contributed by atoms with Gasteiger partial charge in [0.25, 0.3) is 0 Å². The first-order valence-corrected chi connectivity index (χ1v) is 10.0. The van der Waals surface area contributed by atoms with Gasteiger partial charge >= 0.3 is 11.9 Å². The number of piperazine rings is 1. The maximum atomic E-state index is 13.3. The van der Waals surface area contributed by atoms with Gasteiger partial charge in [-0.3, -0.25) is 9.80 Å². The molecule has 1 heterocycles. The molecular weight excluding hydrogens is 399 g/mol. The molecule has 0 aliphatic carbocycles. The molecule has 0 atom stereocenters. The SMILES string of the molecule is Fc1cccc(CN2CCN(Cc3cccc4ccccc34)CC2)c1.O=C(O)C(=O)O. The van der Waals surface area contributed by atoms with Crippen LogP contribution in [0.2, 0.25) is 0 Å². The fourth-order valence-electron chi connectivity index (χ4n) is 3.67. The van der Waals surface area contributed by atoms with Gasteiger partial charge in [-0.1, -0.05) is 54.6 Å². The second-order valence-electron chi connectivity index (χ2n) is 7.43. The fraction of sp³-hybridized carbons (Fsp3) is 0.250. The second-order valence-corrected chi connectivity index (χ2v) is 7.43. The van der Waals surface area contributed by atoms with Crippen molar-refractivity contribution in [3.63, 3.8) is 0 Å². The van der Waals surface area contributed by atoms with E-state index in [4.69, 9.17) is 19.8 Å².